The van der Waals surface area contributed by atoms with Gasteiger partial charge in [0.15, 0.2) is 5.75 Å². The maximum atomic E-state index is 11.6. The van der Waals surface area contributed by atoms with Gasteiger partial charge in [0.1, 0.15) is 5.60 Å². The summed E-state index contributed by atoms with van der Waals surface area (Å²) in [7, 11) is 0. The third-order valence-corrected chi connectivity index (χ3v) is 3.05. The van der Waals surface area contributed by atoms with Gasteiger partial charge in [-0.1, -0.05) is 11.6 Å². The predicted molar refractivity (Wildman–Crippen MR) is 67.1 cm³/mol. The first-order valence-corrected chi connectivity index (χ1v) is 6.02. The van der Waals surface area contributed by atoms with E-state index >= 15 is 0 Å². The first-order chi connectivity index (χ1) is 7.37. The molecular weight excluding hydrogens is 293 g/mol. The van der Waals surface area contributed by atoms with Crippen molar-refractivity contribution < 1.29 is 9.53 Å². The van der Waals surface area contributed by atoms with E-state index in [0.717, 1.165) is 4.47 Å². The van der Waals surface area contributed by atoms with Crippen LogP contribution >= 0.6 is 27.5 Å². The number of hydrogen-bond acceptors (Lipinski definition) is 2. The van der Waals surface area contributed by atoms with Gasteiger partial charge >= 0.3 is 0 Å². The number of anilines is 1. The predicted octanol–water partition coefficient (Wildman–Crippen LogP) is 3.60. The zero-order valence-electron chi connectivity index (χ0n) is 8.93. The summed E-state index contributed by atoms with van der Waals surface area (Å²) in [6.07, 6.45) is 0.311. The summed E-state index contributed by atoms with van der Waals surface area (Å²) < 4.78 is 6.55. The van der Waals surface area contributed by atoms with E-state index in [9.17, 15) is 4.79 Å². The lowest BCUT2D eigenvalue weighted by Gasteiger charge is -2.23. The molecule has 0 aliphatic carbocycles. The minimum atomic E-state index is -0.522. The third-order valence-electron chi connectivity index (χ3n) is 2.25. The normalized spacial score (nSPS) is 18.1. The minimum Gasteiger partial charge on any atom is -0.484 e. The Hall–Kier alpha value is -0.740. The molecule has 5 heteroatoms. The highest BCUT2D eigenvalue weighted by atomic mass is 79.9. The smallest absolute Gasteiger partial charge is 0.228 e. The topological polar surface area (TPSA) is 38.3 Å². The van der Waals surface area contributed by atoms with Crippen LogP contribution in [0.5, 0.6) is 5.75 Å². The fraction of sp³-hybridized carbons (Fsp3) is 0.364. The highest BCUT2D eigenvalue weighted by Crippen LogP contribution is 2.40. The van der Waals surface area contributed by atoms with E-state index in [2.05, 4.69) is 21.2 Å². The molecule has 1 amide bonds. The maximum absolute atomic E-state index is 11.6. The average Bonchev–Trinajstić information content (AvgIpc) is 2.19. The van der Waals surface area contributed by atoms with Crippen molar-refractivity contribution in [1.29, 1.82) is 0 Å². The lowest BCUT2D eigenvalue weighted by molar-refractivity contribution is -0.118. The number of halogens is 2. The Morgan fingerprint density at radius 2 is 2.19 bits per heavy atom. The van der Waals surface area contributed by atoms with Gasteiger partial charge in [-0.05, 0) is 41.9 Å². The molecular formula is C11H11BrClNO2. The van der Waals surface area contributed by atoms with Crippen LogP contribution < -0.4 is 10.1 Å². The van der Waals surface area contributed by atoms with E-state index in [4.69, 9.17) is 16.3 Å². The van der Waals surface area contributed by atoms with Crippen molar-refractivity contribution in [3.05, 3.63) is 21.6 Å². The lowest BCUT2D eigenvalue weighted by atomic mass is 10.1. The molecule has 0 atom stereocenters. The van der Waals surface area contributed by atoms with Crippen LogP contribution in [0.25, 0.3) is 0 Å². The number of hydrogen-bond donors (Lipinski definition) is 1. The van der Waals surface area contributed by atoms with Gasteiger partial charge in [-0.3, -0.25) is 4.79 Å². The van der Waals surface area contributed by atoms with E-state index in [0.29, 0.717) is 22.9 Å². The molecule has 86 valence electrons. The van der Waals surface area contributed by atoms with Crippen molar-refractivity contribution in [2.45, 2.75) is 25.9 Å². The van der Waals surface area contributed by atoms with E-state index in [-0.39, 0.29) is 5.91 Å². The zero-order valence-corrected chi connectivity index (χ0v) is 11.3. The number of amides is 1. The Labute approximate surface area is 107 Å². The number of rotatable bonds is 0. The van der Waals surface area contributed by atoms with Crippen molar-refractivity contribution in [3.63, 3.8) is 0 Å². The molecule has 0 spiro atoms. The van der Waals surface area contributed by atoms with Crippen LogP contribution in [-0.2, 0) is 4.79 Å². The lowest BCUT2D eigenvalue weighted by Crippen LogP contribution is -2.30. The van der Waals surface area contributed by atoms with Crippen LogP contribution in [0.4, 0.5) is 5.69 Å². The molecule has 16 heavy (non-hydrogen) atoms. The molecule has 0 unspecified atom stereocenters. The summed E-state index contributed by atoms with van der Waals surface area (Å²) in [5.74, 6) is 0.554. The summed E-state index contributed by atoms with van der Waals surface area (Å²) in [5.41, 5.74) is 0.0843. The monoisotopic (exact) mass is 303 g/mol. The van der Waals surface area contributed by atoms with Crippen molar-refractivity contribution in [3.8, 4) is 5.75 Å². The molecule has 1 aliphatic rings. The third kappa shape index (κ3) is 2.33. The fourth-order valence-corrected chi connectivity index (χ4v) is 2.54. The van der Waals surface area contributed by atoms with Crippen molar-refractivity contribution in [1.82, 2.24) is 0 Å². The van der Waals surface area contributed by atoms with Crippen LogP contribution in [0.1, 0.15) is 20.3 Å². The Kier molecular flexibility index (Phi) is 2.88. The van der Waals surface area contributed by atoms with Crippen LogP contribution in [-0.4, -0.2) is 11.5 Å². The molecule has 0 radical (unpaired) electrons. The van der Waals surface area contributed by atoms with Gasteiger partial charge < -0.3 is 10.1 Å². The molecule has 1 aliphatic heterocycles. The van der Waals surface area contributed by atoms with Crippen molar-refractivity contribution >= 4 is 39.1 Å². The molecule has 0 bridgehead atoms. The van der Waals surface area contributed by atoms with E-state index in [1.807, 2.05) is 13.8 Å². The van der Waals surface area contributed by atoms with Crippen LogP contribution in [0.2, 0.25) is 5.02 Å². The SMILES string of the molecule is CC1(C)CC(=O)Nc2cc(Cl)cc(Br)c2O1. The van der Waals surface area contributed by atoms with E-state index in [1.165, 1.54) is 0 Å². The minimum absolute atomic E-state index is 0.0714. The molecule has 0 saturated heterocycles. The number of fused-ring (bicyclic) bond motifs is 1. The quantitative estimate of drug-likeness (QED) is 0.795. The zero-order chi connectivity index (χ0) is 11.9. The second-order valence-corrected chi connectivity index (χ2v) is 5.64. The number of carbonyl (C=O) groups is 1. The molecule has 1 aromatic rings. The standard InChI is InChI=1S/C11H11BrClNO2/c1-11(2)5-9(15)14-8-4-6(13)3-7(12)10(8)16-11/h3-4H,5H2,1-2H3,(H,14,15). The number of nitrogens with one attached hydrogen (secondary N) is 1. The molecule has 1 N–H and O–H groups in total. The highest BCUT2D eigenvalue weighted by molar-refractivity contribution is 9.10. The molecule has 2 rings (SSSR count). The molecule has 0 saturated carbocycles. The summed E-state index contributed by atoms with van der Waals surface area (Å²) >= 11 is 9.30. The average molecular weight is 305 g/mol. The Bertz CT molecular complexity index is 460. The Morgan fingerprint density at radius 1 is 1.50 bits per heavy atom. The summed E-state index contributed by atoms with van der Waals surface area (Å²) in [5, 5.41) is 3.33. The Morgan fingerprint density at radius 3 is 2.88 bits per heavy atom. The van der Waals surface area contributed by atoms with Gasteiger partial charge in [0.05, 0.1) is 16.6 Å². The fourth-order valence-electron chi connectivity index (χ4n) is 1.65. The van der Waals surface area contributed by atoms with E-state index < -0.39 is 5.60 Å². The van der Waals surface area contributed by atoms with Crippen molar-refractivity contribution in [2.24, 2.45) is 0 Å². The summed E-state index contributed by atoms with van der Waals surface area (Å²) in [4.78, 5) is 11.6. The molecule has 1 heterocycles. The largest absolute Gasteiger partial charge is 0.484 e. The number of ether oxygens (including phenoxy) is 1. The molecule has 3 nitrogen and oxygen atoms in total. The van der Waals surface area contributed by atoms with Crippen LogP contribution in [0.3, 0.4) is 0 Å². The second kappa shape index (κ2) is 3.93. The highest BCUT2D eigenvalue weighted by Gasteiger charge is 2.30. The first-order valence-electron chi connectivity index (χ1n) is 4.85. The molecule has 0 fully saturated rings. The van der Waals surface area contributed by atoms with Gasteiger partial charge in [0.2, 0.25) is 5.91 Å². The number of carbonyl (C=O) groups excluding carboxylic acids is 1. The first kappa shape index (κ1) is 11.7. The van der Waals surface area contributed by atoms with Gasteiger partial charge in [-0.2, -0.15) is 0 Å². The molecule has 1 aromatic carbocycles. The van der Waals surface area contributed by atoms with E-state index in [1.54, 1.807) is 12.1 Å². The maximum Gasteiger partial charge on any atom is 0.228 e. The molecule has 0 aromatic heterocycles. The van der Waals surface area contributed by atoms with Gasteiger partial charge in [-0.15, -0.1) is 0 Å². The van der Waals surface area contributed by atoms with Crippen LogP contribution in [0, 0.1) is 0 Å². The van der Waals surface area contributed by atoms with Crippen molar-refractivity contribution in [2.75, 3.05) is 5.32 Å². The second-order valence-electron chi connectivity index (χ2n) is 4.35. The van der Waals surface area contributed by atoms with Crippen LogP contribution in [0.15, 0.2) is 16.6 Å². The number of benzene rings is 1. The van der Waals surface area contributed by atoms with Gasteiger partial charge in [0.25, 0.3) is 0 Å². The summed E-state index contributed by atoms with van der Waals surface area (Å²) in [6, 6.07) is 3.43. The van der Waals surface area contributed by atoms with Gasteiger partial charge in [-0.25, -0.2) is 0 Å². The Balaban J connectivity index is 2.54. The van der Waals surface area contributed by atoms with Gasteiger partial charge in [0, 0.05) is 5.02 Å². The summed E-state index contributed by atoms with van der Waals surface area (Å²) in [6.45, 7) is 3.76.